The summed E-state index contributed by atoms with van der Waals surface area (Å²) in [6.07, 6.45) is 3.32. The molecular formula is C13H33NO13P4. The Bertz CT molecular complexity index is 681. The van der Waals surface area contributed by atoms with Gasteiger partial charge in [-0.25, -0.2) is 0 Å². The lowest BCUT2D eigenvalue weighted by atomic mass is 10.0. The molecule has 0 saturated carbocycles. The molecule has 18 heteroatoms. The zero-order chi connectivity index (χ0) is 24.7. The van der Waals surface area contributed by atoms with Gasteiger partial charge in [-0.1, -0.05) is 33.1 Å². The van der Waals surface area contributed by atoms with Gasteiger partial charge in [0.2, 0.25) is 5.52 Å². The quantitative estimate of drug-likeness (QED) is 0.124. The first kappa shape index (κ1) is 31.5. The summed E-state index contributed by atoms with van der Waals surface area (Å²) in [7, 11) is -21.8. The van der Waals surface area contributed by atoms with Crippen LogP contribution in [-0.2, 0) is 23.0 Å². The van der Waals surface area contributed by atoms with Gasteiger partial charge in [0.25, 0.3) is 0 Å². The van der Waals surface area contributed by atoms with Crippen LogP contribution in [0.1, 0.15) is 39.5 Å². The summed E-state index contributed by atoms with van der Waals surface area (Å²) >= 11 is 0. The van der Waals surface area contributed by atoms with Crippen molar-refractivity contribution in [3.8, 4) is 0 Å². The SMILES string of the molecule is CCCCC(CC)COCC(CNC(P(=O)(O)O)P(=O)(O)O)C(P(=O)(O)O)P(=O)(O)O. The van der Waals surface area contributed by atoms with Gasteiger partial charge in [-0.2, -0.15) is 0 Å². The minimum Gasteiger partial charge on any atom is -0.381 e. The van der Waals surface area contributed by atoms with Gasteiger partial charge in [-0.3, -0.25) is 23.6 Å². The van der Waals surface area contributed by atoms with Gasteiger partial charge in [-0.05, 0) is 12.3 Å². The second-order valence-electron chi connectivity index (χ2n) is 7.27. The molecule has 0 radical (unpaired) electrons. The van der Waals surface area contributed by atoms with Crippen LogP contribution in [0.25, 0.3) is 0 Å². The van der Waals surface area contributed by atoms with Crippen molar-refractivity contribution in [1.82, 2.24) is 5.32 Å². The number of hydrogen-bond acceptors (Lipinski definition) is 6. The highest BCUT2D eigenvalue weighted by Gasteiger charge is 2.50. The third-order valence-corrected chi connectivity index (χ3v) is 12.0. The molecule has 0 rings (SSSR count). The minimum absolute atomic E-state index is 0.0649. The van der Waals surface area contributed by atoms with Gasteiger partial charge in [-0.15, -0.1) is 0 Å². The van der Waals surface area contributed by atoms with Crippen LogP contribution in [0.5, 0.6) is 0 Å². The number of unbranched alkanes of at least 4 members (excludes halogenated alkanes) is 1. The van der Waals surface area contributed by atoms with Gasteiger partial charge < -0.3 is 43.9 Å². The summed E-state index contributed by atoms with van der Waals surface area (Å²) in [5.41, 5.74) is -2.72. The van der Waals surface area contributed by atoms with Crippen LogP contribution in [0.3, 0.4) is 0 Å². The third-order valence-electron chi connectivity index (χ3n) is 4.54. The van der Waals surface area contributed by atoms with Gasteiger partial charge >= 0.3 is 30.4 Å². The van der Waals surface area contributed by atoms with Crippen molar-refractivity contribution in [3.05, 3.63) is 0 Å². The van der Waals surface area contributed by atoms with E-state index in [1.54, 1.807) is 0 Å². The highest BCUT2D eigenvalue weighted by atomic mass is 31.2. The maximum atomic E-state index is 11.8. The van der Waals surface area contributed by atoms with Gasteiger partial charge in [0.05, 0.1) is 6.61 Å². The Morgan fingerprint density at radius 3 is 1.61 bits per heavy atom. The van der Waals surface area contributed by atoms with E-state index in [2.05, 4.69) is 0 Å². The zero-order valence-electron chi connectivity index (χ0n) is 17.2. The van der Waals surface area contributed by atoms with E-state index in [0.29, 0.717) is 6.42 Å². The molecule has 0 aromatic heterocycles. The van der Waals surface area contributed by atoms with E-state index < -0.39 is 60.4 Å². The van der Waals surface area contributed by atoms with Crippen molar-refractivity contribution in [1.29, 1.82) is 0 Å². The van der Waals surface area contributed by atoms with Crippen LogP contribution in [0.4, 0.5) is 0 Å². The molecule has 0 bridgehead atoms. The first-order valence-electron chi connectivity index (χ1n) is 9.37. The molecule has 0 spiro atoms. The average molecular weight is 535 g/mol. The zero-order valence-corrected chi connectivity index (χ0v) is 20.7. The molecule has 2 unspecified atom stereocenters. The molecule has 0 aliphatic heterocycles. The normalized spacial score (nSPS) is 16.1. The molecule has 0 saturated heterocycles. The Labute approximate surface area is 180 Å². The topological polar surface area (TPSA) is 251 Å². The maximum absolute atomic E-state index is 11.8. The van der Waals surface area contributed by atoms with Crippen LogP contribution >= 0.6 is 30.4 Å². The van der Waals surface area contributed by atoms with Crippen molar-refractivity contribution < 1.29 is 62.1 Å². The van der Waals surface area contributed by atoms with Gasteiger partial charge in [0.15, 0.2) is 5.40 Å². The van der Waals surface area contributed by atoms with E-state index >= 15 is 0 Å². The predicted molar refractivity (Wildman–Crippen MR) is 111 cm³/mol. The van der Waals surface area contributed by atoms with Crippen LogP contribution in [0.15, 0.2) is 0 Å². The van der Waals surface area contributed by atoms with Crippen molar-refractivity contribution in [2.75, 3.05) is 19.8 Å². The fourth-order valence-electron chi connectivity index (χ4n) is 2.97. The van der Waals surface area contributed by atoms with Crippen molar-refractivity contribution in [2.45, 2.75) is 50.5 Å². The molecule has 0 amide bonds. The Kier molecular flexibility index (Phi) is 13.1. The van der Waals surface area contributed by atoms with Crippen molar-refractivity contribution in [2.24, 2.45) is 11.8 Å². The van der Waals surface area contributed by atoms with E-state index in [0.717, 1.165) is 19.3 Å². The minimum atomic E-state index is -5.45. The van der Waals surface area contributed by atoms with E-state index in [9.17, 15) is 37.8 Å². The summed E-state index contributed by atoms with van der Waals surface area (Å²) in [6.45, 7) is 2.39. The van der Waals surface area contributed by atoms with E-state index in [1.807, 2.05) is 19.2 Å². The number of rotatable bonds is 16. The Hall–Kier alpha value is 0.520. The number of hydrogen-bond donors (Lipinski definition) is 9. The second-order valence-corrected chi connectivity index (χ2v) is 14.9. The fraction of sp³-hybridized carbons (Fsp3) is 1.00. The molecule has 2 atom stereocenters. The molecule has 0 aliphatic carbocycles. The van der Waals surface area contributed by atoms with Gasteiger partial charge in [0, 0.05) is 19.1 Å². The van der Waals surface area contributed by atoms with Crippen LogP contribution < -0.4 is 5.32 Å². The second kappa shape index (κ2) is 12.8. The summed E-state index contributed by atoms with van der Waals surface area (Å²) in [5.74, 6) is -1.65. The van der Waals surface area contributed by atoms with Crippen molar-refractivity contribution in [3.63, 3.8) is 0 Å². The molecule has 188 valence electrons. The van der Waals surface area contributed by atoms with Gasteiger partial charge in [0.1, 0.15) is 0 Å². The summed E-state index contributed by atoms with van der Waals surface area (Å²) in [6, 6.07) is 0. The lowest BCUT2D eigenvalue weighted by molar-refractivity contribution is 0.0664. The van der Waals surface area contributed by atoms with E-state index in [1.165, 1.54) is 0 Å². The van der Waals surface area contributed by atoms with E-state index in [-0.39, 0.29) is 12.5 Å². The maximum Gasteiger partial charge on any atom is 0.354 e. The molecule has 0 aromatic rings. The first-order chi connectivity index (χ1) is 13.9. The molecule has 14 nitrogen and oxygen atoms in total. The lowest BCUT2D eigenvalue weighted by Gasteiger charge is -2.30. The Balaban J connectivity index is 5.68. The number of nitrogens with one attached hydrogen (secondary N) is 1. The average Bonchev–Trinajstić information content (AvgIpc) is 2.52. The standard InChI is InChI=1S/C13H33NO13P4/c1-3-5-6-10(4-2)8-27-9-11(12(28(15,16)17)29(18,19)20)7-14-13(30(21,22)23)31(24,25)26/h10-14H,3-9H2,1-2H3,(H2,15,16,17)(H2,18,19,20)(H2,21,22,23)(H2,24,25,26). The van der Waals surface area contributed by atoms with Crippen molar-refractivity contribution >= 4 is 30.4 Å². The largest absolute Gasteiger partial charge is 0.381 e. The predicted octanol–water partition coefficient (Wildman–Crippen LogP) is 0.746. The number of ether oxygens (including phenoxy) is 1. The Morgan fingerprint density at radius 2 is 1.26 bits per heavy atom. The monoisotopic (exact) mass is 535 g/mol. The summed E-state index contributed by atoms with van der Waals surface area (Å²) in [5, 5.41) is -0.782. The molecule has 0 aromatic carbocycles. The molecular weight excluding hydrogens is 502 g/mol. The molecule has 31 heavy (non-hydrogen) atoms. The van der Waals surface area contributed by atoms with E-state index in [4.69, 9.17) is 24.3 Å². The fourth-order valence-corrected chi connectivity index (χ4v) is 8.27. The first-order valence-corrected chi connectivity index (χ1v) is 16.1. The molecule has 0 heterocycles. The summed E-state index contributed by atoms with van der Waals surface area (Å²) in [4.78, 5) is 74.5. The lowest BCUT2D eigenvalue weighted by Crippen LogP contribution is -2.39. The molecule has 9 N–H and O–H groups in total. The highest BCUT2D eigenvalue weighted by Crippen LogP contribution is 2.63. The molecule has 0 aliphatic rings. The molecule has 0 fully saturated rings. The summed E-state index contributed by atoms with van der Waals surface area (Å²) < 4.78 is 51.7. The third kappa shape index (κ3) is 12.0. The Morgan fingerprint density at radius 1 is 0.774 bits per heavy atom. The smallest absolute Gasteiger partial charge is 0.354 e. The van der Waals surface area contributed by atoms with Crippen LogP contribution in [0.2, 0.25) is 0 Å². The highest BCUT2D eigenvalue weighted by molar-refractivity contribution is 7.71. The van der Waals surface area contributed by atoms with Crippen LogP contribution in [0, 0.1) is 11.8 Å². The van der Waals surface area contributed by atoms with Crippen LogP contribution in [-0.4, -0.2) is 69.8 Å².